The van der Waals surface area contributed by atoms with Crippen LogP contribution in [0.25, 0.3) is 0 Å². The number of methoxy groups -OCH3 is 1. The molecule has 0 saturated carbocycles. The highest BCUT2D eigenvalue weighted by atomic mass is 19.1. The molecule has 0 unspecified atom stereocenters. The number of hydrazone groups is 1. The van der Waals surface area contributed by atoms with E-state index in [0.717, 1.165) is 0 Å². The molecular formula is C20H20FN3O5. The summed E-state index contributed by atoms with van der Waals surface area (Å²) in [5, 5.41) is 6.39. The average Bonchev–Trinajstić information content (AvgIpc) is 2.73. The zero-order valence-corrected chi connectivity index (χ0v) is 15.7. The monoisotopic (exact) mass is 401 g/mol. The van der Waals surface area contributed by atoms with Crippen molar-refractivity contribution in [1.29, 1.82) is 0 Å². The van der Waals surface area contributed by atoms with Crippen LogP contribution in [0.1, 0.15) is 18.4 Å². The van der Waals surface area contributed by atoms with Gasteiger partial charge in [0.1, 0.15) is 11.6 Å². The number of halogens is 1. The highest BCUT2D eigenvalue weighted by molar-refractivity contribution is 5.93. The summed E-state index contributed by atoms with van der Waals surface area (Å²) >= 11 is 0. The number of nitrogens with one attached hydrogen (secondary N) is 2. The number of anilines is 1. The molecule has 2 aromatic carbocycles. The van der Waals surface area contributed by atoms with Gasteiger partial charge in [0.15, 0.2) is 6.61 Å². The number of hydrogen-bond donors (Lipinski definition) is 2. The predicted molar refractivity (Wildman–Crippen MR) is 104 cm³/mol. The Bertz CT molecular complexity index is 867. The lowest BCUT2D eigenvalue weighted by Crippen LogP contribution is -2.20. The van der Waals surface area contributed by atoms with Crippen molar-refractivity contribution in [3.8, 4) is 5.75 Å². The van der Waals surface area contributed by atoms with Crippen molar-refractivity contribution >= 4 is 29.7 Å². The molecule has 29 heavy (non-hydrogen) atoms. The maximum atomic E-state index is 12.8. The maximum Gasteiger partial charge on any atom is 0.343 e. The van der Waals surface area contributed by atoms with Crippen LogP contribution in [0.3, 0.4) is 0 Å². The second-order valence-corrected chi connectivity index (χ2v) is 5.78. The Kier molecular flexibility index (Phi) is 8.30. The van der Waals surface area contributed by atoms with Gasteiger partial charge in [-0.2, -0.15) is 5.10 Å². The number of benzene rings is 2. The number of nitrogens with zero attached hydrogens (tertiary/aromatic N) is 1. The number of rotatable bonds is 9. The van der Waals surface area contributed by atoms with E-state index in [1.165, 1.54) is 37.6 Å². The van der Waals surface area contributed by atoms with Gasteiger partial charge in [-0.25, -0.2) is 14.6 Å². The number of hydrogen-bond acceptors (Lipinski definition) is 6. The van der Waals surface area contributed by atoms with Gasteiger partial charge in [0.2, 0.25) is 11.8 Å². The average molecular weight is 401 g/mol. The summed E-state index contributed by atoms with van der Waals surface area (Å²) in [6.45, 7) is -0.186. The zero-order chi connectivity index (χ0) is 21.1. The Labute approximate surface area is 166 Å². The fraction of sp³-hybridized carbons (Fsp3) is 0.200. The zero-order valence-electron chi connectivity index (χ0n) is 15.7. The minimum Gasteiger partial charge on any atom is -0.482 e. The third kappa shape index (κ3) is 8.21. The molecule has 9 heteroatoms. The van der Waals surface area contributed by atoms with Crippen LogP contribution >= 0.6 is 0 Å². The van der Waals surface area contributed by atoms with Crippen molar-refractivity contribution in [2.24, 2.45) is 5.10 Å². The molecule has 0 heterocycles. The molecule has 0 aliphatic carbocycles. The molecule has 0 fully saturated rings. The summed E-state index contributed by atoms with van der Waals surface area (Å²) in [5.74, 6) is -1.18. The minimum atomic E-state index is -0.482. The highest BCUT2D eigenvalue weighted by Gasteiger charge is 2.07. The van der Waals surface area contributed by atoms with Crippen molar-refractivity contribution in [3.05, 3.63) is 59.9 Å². The summed E-state index contributed by atoms with van der Waals surface area (Å²) in [5.41, 5.74) is 3.48. The molecule has 2 rings (SSSR count). The molecule has 0 aromatic heterocycles. The number of amides is 2. The number of carbonyl (C=O) groups is 3. The van der Waals surface area contributed by atoms with Crippen LogP contribution in [-0.2, 0) is 19.1 Å². The van der Waals surface area contributed by atoms with E-state index in [9.17, 15) is 18.8 Å². The standard InChI is InChI=1S/C20H20FN3O5/c1-28-20(27)13-29-17-8-2-14(3-9-17)12-22-24-19(26)11-10-18(25)23-16-6-4-15(21)5-7-16/h2-9,12H,10-11,13H2,1H3,(H,23,25)(H,24,26). The highest BCUT2D eigenvalue weighted by Crippen LogP contribution is 2.11. The molecule has 152 valence electrons. The Morgan fingerprint density at radius 2 is 1.66 bits per heavy atom. The first-order valence-electron chi connectivity index (χ1n) is 8.63. The first kappa shape index (κ1) is 21.5. The normalized spacial score (nSPS) is 10.4. The van der Waals surface area contributed by atoms with Crippen molar-refractivity contribution < 1.29 is 28.2 Å². The number of esters is 1. The first-order chi connectivity index (χ1) is 14.0. The first-order valence-corrected chi connectivity index (χ1v) is 8.63. The fourth-order valence-electron chi connectivity index (χ4n) is 2.07. The Morgan fingerprint density at radius 3 is 2.31 bits per heavy atom. The van der Waals surface area contributed by atoms with Gasteiger partial charge < -0.3 is 14.8 Å². The third-order valence-corrected chi connectivity index (χ3v) is 3.57. The number of ether oxygens (including phenoxy) is 2. The van der Waals surface area contributed by atoms with Crippen LogP contribution in [0.2, 0.25) is 0 Å². The Hall–Kier alpha value is -3.75. The topological polar surface area (TPSA) is 106 Å². The molecule has 0 spiro atoms. The maximum absolute atomic E-state index is 12.8. The van der Waals surface area contributed by atoms with E-state index in [-0.39, 0.29) is 25.4 Å². The van der Waals surface area contributed by atoms with Crippen molar-refractivity contribution in [3.63, 3.8) is 0 Å². The Morgan fingerprint density at radius 1 is 1.00 bits per heavy atom. The summed E-state index contributed by atoms with van der Waals surface area (Å²) in [4.78, 5) is 34.5. The molecule has 0 aliphatic rings. The predicted octanol–water partition coefficient (Wildman–Crippen LogP) is 2.25. The largest absolute Gasteiger partial charge is 0.482 e. The second-order valence-electron chi connectivity index (χ2n) is 5.78. The molecule has 0 atom stereocenters. The van der Waals surface area contributed by atoms with Gasteiger partial charge in [0.05, 0.1) is 13.3 Å². The van der Waals surface area contributed by atoms with Crippen LogP contribution in [0.15, 0.2) is 53.6 Å². The van der Waals surface area contributed by atoms with Crippen LogP contribution in [0, 0.1) is 5.82 Å². The third-order valence-electron chi connectivity index (χ3n) is 3.57. The summed E-state index contributed by atoms with van der Waals surface area (Å²) in [7, 11) is 1.28. The van der Waals surface area contributed by atoms with E-state index in [0.29, 0.717) is 17.0 Å². The van der Waals surface area contributed by atoms with Crippen LogP contribution in [0.4, 0.5) is 10.1 Å². The van der Waals surface area contributed by atoms with Gasteiger partial charge in [0.25, 0.3) is 0 Å². The lowest BCUT2D eigenvalue weighted by atomic mass is 10.2. The van der Waals surface area contributed by atoms with Gasteiger partial charge >= 0.3 is 5.97 Å². The van der Waals surface area contributed by atoms with Gasteiger partial charge in [-0.05, 0) is 54.1 Å². The molecule has 0 aliphatic heterocycles. The van der Waals surface area contributed by atoms with Crippen LogP contribution in [-0.4, -0.2) is 37.7 Å². The number of carbonyl (C=O) groups excluding carboxylic acids is 3. The van der Waals surface area contributed by atoms with E-state index < -0.39 is 17.7 Å². The summed E-state index contributed by atoms with van der Waals surface area (Å²) in [6, 6.07) is 12.0. The lowest BCUT2D eigenvalue weighted by molar-refractivity contribution is -0.142. The van der Waals surface area contributed by atoms with Crippen LogP contribution < -0.4 is 15.5 Å². The van der Waals surface area contributed by atoms with Gasteiger partial charge in [-0.1, -0.05) is 0 Å². The van der Waals surface area contributed by atoms with E-state index in [1.807, 2.05) is 0 Å². The molecule has 2 amide bonds. The summed E-state index contributed by atoms with van der Waals surface area (Å²) in [6.07, 6.45) is 1.34. The molecular weight excluding hydrogens is 381 g/mol. The van der Waals surface area contributed by atoms with Crippen LogP contribution in [0.5, 0.6) is 5.75 Å². The fourth-order valence-corrected chi connectivity index (χ4v) is 2.07. The molecule has 0 radical (unpaired) electrons. The van der Waals surface area contributed by atoms with E-state index in [4.69, 9.17) is 4.74 Å². The smallest absolute Gasteiger partial charge is 0.343 e. The second kappa shape index (κ2) is 11.2. The van der Waals surface area contributed by atoms with Gasteiger partial charge in [-0.15, -0.1) is 0 Å². The molecule has 2 aromatic rings. The van der Waals surface area contributed by atoms with Crippen molar-refractivity contribution in [2.75, 3.05) is 19.0 Å². The minimum absolute atomic E-state index is 0.0367. The van der Waals surface area contributed by atoms with E-state index >= 15 is 0 Å². The molecule has 0 bridgehead atoms. The molecule has 0 saturated heterocycles. The Balaban J connectivity index is 1.69. The van der Waals surface area contributed by atoms with Gasteiger partial charge in [-0.3, -0.25) is 9.59 Å². The lowest BCUT2D eigenvalue weighted by Gasteiger charge is -2.05. The van der Waals surface area contributed by atoms with Crippen molar-refractivity contribution in [2.45, 2.75) is 12.8 Å². The quantitative estimate of drug-likeness (QED) is 0.381. The molecule has 8 nitrogen and oxygen atoms in total. The SMILES string of the molecule is COC(=O)COc1ccc(C=NNC(=O)CCC(=O)Nc2ccc(F)cc2)cc1. The summed E-state index contributed by atoms with van der Waals surface area (Å²) < 4.78 is 22.5. The molecule has 2 N–H and O–H groups in total. The van der Waals surface area contributed by atoms with Crippen molar-refractivity contribution in [1.82, 2.24) is 5.43 Å². The van der Waals surface area contributed by atoms with Gasteiger partial charge in [0, 0.05) is 18.5 Å². The van der Waals surface area contributed by atoms with E-state index in [1.54, 1.807) is 24.3 Å². The van der Waals surface area contributed by atoms with E-state index in [2.05, 4.69) is 20.6 Å².